The molecule has 2 saturated heterocycles. The maximum atomic E-state index is 14.9. The number of ether oxygens (including phenoxy) is 1. The van der Waals surface area contributed by atoms with Crippen LogP contribution in [-0.4, -0.2) is 84.9 Å². The van der Waals surface area contributed by atoms with Crippen LogP contribution >= 0.6 is 0 Å². The highest BCUT2D eigenvalue weighted by atomic mass is 19.3. The summed E-state index contributed by atoms with van der Waals surface area (Å²) in [6, 6.07) is 1.23. The number of rotatable bonds is 7. The monoisotopic (exact) mass is 558 g/mol. The summed E-state index contributed by atoms with van der Waals surface area (Å²) in [7, 11) is 0. The first-order valence-corrected chi connectivity index (χ1v) is 14.0. The maximum Gasteiger partial charge on any atom is 0.322 e. The molecule has 4 aliphatic rings. The number of fused-ring (bicyclic) bond motifs is 1. The lowest BCUT2D eigenvalue weighted by molar-refractivity contribution is -0.0721. The first kappa shape index (κ1) is 25.6. The van der Waals surface area contributed by atoms with Gasteiger partial charge in [0.15, 0.2) is 5.82 Å². The number of hydrogen-bond acceptors (Lipinski definition) is 6. The second kappa shape index (κ2) is 8.82. The number of anilines is 2. The van der Waals surface area contributed by atoms with E-state index in [1.165, 1.54) is 11.1 Å². The lowest BCUT2D eigenvalue weighted by atomic mass is 9.97. The van der Waals surface area contributed by atoms with E-state index < -0.39 is 29.7 Å². The molecule has 10 nitrogen and oxygen atoms in total. The zero-order chi connectivity index (χ0) is 27.9. The van der Waals surface area contributed by atoms with Crippen LogP contribution in [0.3, 0.4) is 0 Å². The molecular formula is C27H33F3N8O2. The molecule has 214 valence electrons. The van der Waals surface area contributed by atoms with Crippen molar-refractivity contribution in [2.45, 2.75) is 88.3 Å². The zero-order valence-corrected chi connectivity index (χ0v) is 22.6. The number of carbonyl (C=O) groups is 1. The average molecular weight is 559 g/mol. The molecule has 0 unspecified atom stereocenters. The molecule has 40 heavy (non-hydrogen) atoms. The largest absolute Gasteiger partial charge is 0.372 e. The molecule has 0 radical (unpaired) electrons. The molecule has 13 heteroatoms. The van der Waals surface area contributed by atoms with Crippen LogP contribution in [0.5, 0.6) is 0 Å². The van der Waals surface area contributed by atoms with Gasteiger partial charge in [-0.3, -0.25) is 14.8 Å². The highest BCUT2D eigenvalue weighted by Crippen LogP contribution is 2.51. The van der Waals surface area contributed by atoms with E-state index in [-0.39, 0.29) is 25.2 Å². The van der Waals surface area contributed by atoms with Crippen molar-refractivity contribution in [3.8, 4) is 11.4 Å². The van der Waals surface area contributed by atoms with Gasteiger partial charge in [-0.1, -0.05) is 0 Å². The third-order valence-electron chi connectivity index (χ3n) is 8.58. The minimum atomic E-state index is -2.90. The average Bonchev–Trinajstić information content (AvgIpc) is 3.73. The van der Waals surface area contributed by atoms with Crippen molar-refractivity contribution in [1.82, 2.24) is 29.9 Å². The fraction of sp³-hybridized carbons (Fsp3) is 0.630. The molecule has 5 heterocycles. The maximum absolute atomic E-state index is 14.9. The van der Waals surface area contributed by atoms with Crippen LogP contribution in [0.4, 0.5) is 29.5 Å². The van der Waals surface area contributed by atoms with Gasteiger partial charge in [-0.2, -0.15) is 10.2 Å². The Hall–Kier alpha value is -3.35. The number of aromatic amines is 1. The lowest BCUT2D eigenvalue weighted by Gasteiger charge is -2.40. The van der Waals surface area contributed by atoms with Gasteiger partial charge < -0.3 is 19.9 Å². The van der Waals surface area contributed by atoms with E-state index in [1.54, 1.807) is 16.9 Å². The van der Waals surface area contributed by atoms with Gasteiger partial charge in [-0.25, -0.2) is 18.0 Å². The summed E-state index contributed by atoms with van der Waals surface area (Å²) < 4.78 is 50.8. The Bertz CT molecular complexity index is 1460. The van der Waals surface area contributed by atoms with Gasteiger partial charge in [-0.15, -0.1) is 0 Å². The van der Waals surface area contributed by atoms with Gasteiger partial charge in [0.2, 0.25) is 0 Å². The molecule has 2 amide bonds. The van der Waals surface area contributed by atoms with Crippen LogP contribution in [-0.2, 0) is 11.3 Å². The fourth-order valence-electron chi connectivity index (χ4n) is 5.93. The minimum Gasteiger partial charge on any atom is -0.372 e. The van der Waals surface area contributed by atoms with E-state index in [9.17, 15) is 18.0 Å². The number of H-pyrrole nitrogens is 1. The van der Waals surface area contributed by atoms with E-state index in [0.717, 1.165) is 29.6 Å². The summed E-state index contributed by atoms with van der Waals surface area (Å²) in [5.74, 6) is -2.17. The van der Waals surface area contributed by atoms with Gasteiger partial charge in [0.1, 0.15) is 11.4 Å². The van der Waals surface area contributed by atoms with Crippen LogP contribution in [0.1, 0.15) is 52.4 Å². The molecule has 2 aliphatic carbocycles. The predicted molar refractivity (Wildman–Crippen MR) is 142 cm³/mol. The van der Waals surface area contributed by atoms with Gasteiger partial charge in [0, 0.05) is 31.2 Å². The van der Waals surface area contributed by atoms with Crippen molar-refractivity contribution >= 4 is 28.4 Å². The van der Waals surface area contributed by atoms with Crippen molar-refractivity contribution < 1.29 is 22.7 Å². The molecule has 2 saturated carbocycles. The highest BCUT2D eigenvalue weighted by molar-refractivity contribution is 5.96. The van der Waals surface area contributed by atoms with Gasteiger partial charge in [0.25, 0.3) is 5.92 Å². The summed E-state index contributed by atoms with van der Waals surface area (Å²) in [6.45, 7) is 4.95. The molecule has 0 bridgehead atoms. The number of alkyl halides is 3. The molecule has 2 N–H and O–H groups in total. The molecule has 1 spiro atoms. The van der Waals surface area contributed by atoms with Crippen molar-refractivity contribution in [2.75, 3.05) is 29.9 Å². The molecule has 7 rings (SSSR count). The van der Waals surface area contributed by atoms with Gasteiger partial charge in [-0.05, 0) is 52.0 Å². The molecular weight excluding hydrogens is 525 g/mol. The minimum absolute atomic E-state index is 0.120. The van der Waals surface area contributed by atoms with E-state index in [1.807, 2.05) is 13.8 Å². The van der Waals surface area contributed by atoms with E-state index in [4.69, 9.17) is 9.84 Å². The Labute approximate surface area is 229 Å². The Kier molecular flexibility index (Phi) is 5.65. The summed E-state index contributed by atoms with van der Waals surface area (Å²) in [6.07, 6.45) is 5.98. The standard InChI is InChI=1S/C27H33F3N8O2/c1-16(2)40-17-12-36(13-17)23-18-10-31-19(9-21(18)38(35-23)14-25(28)3-4-25)22-20(11-32-34-22)33-24(39)37-15-27(29,30)8-7-26(37)5-6-26/h9-11,16-17H,3-8,12-15H2,1-2H3,(H,32,34)(H,33,39). The Morgan fingerprint density at radius 2 is 1.90 bits per heavy atom. The summed E-state index contributed by atoms with van der Waals surface area (Å²) in [5, 5.41) is 15.3. The number of urea groups is 1. The molecule has 0 aromatic carbocycles. The smallest absolute Gasteiger partial charge is 0.322 e. The van der Waals surface area contributed by atoms with Gasteiger partial charge in [0.05, 0.1) is 53.8 Å². The summed E-state index contributed by atoms with van der Waals surface area (Å²) in [4.78, 5) is 21.2. The second-order valence-electron chi connectivity index (χ2n) is 12.2. The van der Waals surface area contributed by atoms with Crippen molar-refractivity contribution in [1.29, 1.82) is 0 Å². The topological polar surface area (TPSA) is 104 Å². The summed E-state index contributed by atoms with van der Waals surface area (Å²) >= 11 is 0. The predicted octanol–water partition coefficient (Wildman–Crippen LogP) is 4.73. The van der Waals surface area contributed by atoms with Crippen LogP contribution in [0.15, 0.2) is 18.5 Å². The number of piperidine rings is 1. The van der Waals surface area contributed by atoms with Crippen LogP contribution in [0.25, 0.3) is 22.3 Å². The van der Waals surface area contributed by atoms with Crippen LogP contribution < -0.4 is 10.2 Å². The zero-order valence-electron chi connectivity index (χ0n) is 22.6. The fourth-order valence-corrected chi connectivity index (χ4v) is 5.93. The Balaban J connectivity index is 1.17. The number of pyridine rings is 1. The van der Waals surface area contributed by atoms with E-state index in [0.29, 0.717) is 49.4 Å². The van der Waals surface area contributed by atoms with E-state index in [2.05, 4.69) is 25.4 Å². The number of likely N-dealkylation sites (tertiary alicyclic amines) is 1. The molecule has 0 atom stereocenters. The first-order valence-electron chi connectivity index (χ1n) is 14.0. The number of hydrogen-bond donors (Lipinski definition) is 2. The van der Waals surface area contributed by atoms with Crippen molar-refractivity contribution in [3.05, 3.63) is 18.5 Å². The summed E-state index contributed by atoms with van der Waals surface area (Å²) in [5.41, 5.74) is 0.238. The van der Waals surface area contributed by atoms with Gasteiger partial charge >= 0.3 is 6.03 Å². The Morgan fingerprint density at radius 3 is 2.60 bits per heavy atom. The normalized spacial score (nSPS) is 22.6. The third-order valence-corrected chi connectivity index (χ3v) is 8.58. The molecule has 4 fully saturated rings. The number of amides is 2. The lowest BCUT2D eigenvalue weighted by Crippen LogP contribution is -2.54. The number of halogens is 3. The number of aromatic nitrogens is 5. The van der Waals surface area contributed by atoms with Crippen LogP contribution in [0.2, 0.25) is 0 Å². The third kappa shape index (κ3) is 4.57. The molecule has 3 aromatic rings. The highest BCUT2D eigenvalue weighted by Gasteiger charge is 2.57. The quantitative estimate of drug-likeness (QED) is 0.435. The number of carbonyl (C=O) groups excluding carboxylic acids is 1. The van der Waals surface area contributed by atoms with Crippen LogP contribution in [0, 0.1) is 0 Å². The second-order valence-corrected chi connectivity index (χ2v) is 12.2. The molecule has 3 aromatic heterocycles. The SMILES string of the molecule is CC(C)OC1CN(c2nn(CC3(F)CC3)c3cc(-c4[nH]ncc4NC(=O)N4CC(F)(F)CCC45CC5)ncc23)C1. The van der Waals surface area contributed by atoms with Crippen molar-refractivity contribution in [2.24, 2.45) is 0 Å². The first-order chi connectivity index (χ1) is 19.0. The van der Waals surface area contributed by atoms with Crippen molar-refractivity contribution in [3.63, 3.8) is 0 Å². The van der Waals surface area contributed by atoms with E-state index >= 15 is 0 Å². The number of nitrogens with one attached hydrogen (secondary N) is 2. The molecule has 2 aliphatic heterocycles. The number of nitrogens with zero attached hydrogens (tertiary/aromatic N) is 6. The Morgan fingerprint density at radius 1 is 1.15 bits per heavy atom.